The molecule has 1 aromatic heterocycles. The van der Waals surface area contributed by atoms with E-state index < -0.39 is 0 Å². The lowest BCUT2D eigenvalue weighted by Crippen LogP contribution is -2.00. The molecule has 4 heteroatoms. The molecule has 0 spiro atoms. The number of aromatic nitrogens is 1. The number of hydrogen-bond acceptors (Lipinski definition) is 4. The molecule has 18 heavy (non-hydrogen) atoms. The standard InChI is InChI=1S/C14H18N2O2/c1-8(2)10-5-9-6-12(17-3)13(18-4)7-11(9)16-14(10)15/h5-8H,1-4H3,(H2,15,16). The highest BCUT2D eigenvalue weighted by atomic mass is 16.5. The van der Waals surface area contributed by atoms with Crippen LogP contribution in [0.15, 0.2) is 18.2 Å². The van der Waals surface area contributed by atoms with Crippen molar-refractivity contribution in [2.75, 3.05) is 20.0 Å². The van der Waals surface area contributed by atoms with E-state index >= 15 is 0 Å². The van der Waals surface area contributed by atoms with Gasteiger partial charge in [-0.05, 0) is 23.6 Å². The van der Waals surface area contributed by atoms with Crippen molar-refractivity contribution in [3.63, 3.8) is 0 Å². The monoisotopic (exact) mass is 246 g/mol. The molecular weight excluding hydrogens is 228 g/mol. The van der Waals surface area contributed by atoms with Crippen molar-refractivity contribution in [2.45, 2.75) is 19.8 Å². The van der Waals surface area contributed by atoms with Crippen LogP contribution in [-0.2, 0) is 0 Å². The summed E-state index contributed by atoms with van der Waals surface area (Å²) in [6, 6.07) is 5.82. The number of pyridine rings is 1. The molecule has 2 N–H and O–H groups in total. The van der Waals surface area contributed by atoms with E-state index in [4.69, 9.17) is 15.2 Å². The molecule has 0 aliphatic carbocycles. The summed E-state index contributed by atoms with van der Waals surface area (Å²) >= 11 is 0. The van der Waals surface area contributed by atoms with Gasteiger partial charge in [0.1, 0.15) is 5.82 Å². The van der Waals surface area contributed by atoms with Gasteiger partial charge in [-0.15, -0.1) is 0 Å². The van der Waals surface area contributed by atoms with Gasteiger partial charge in [-0.25, -0.2) is 4.98 Å². The number of hydrogen-bond donors (Lipinski definition) is 1. The summed E-state index contributed by atoms with van der Waals surface area (Å²) < 4.78 is 10.5. The summed E-state index contributed by atoms with van der Waals surface area (Å²) in [7, 11) is 3.23. The van der Waals surface area contributed by atoms with Crippen LogP contribution in [0, 0.1) is 0 Å². The Morgan fingerprint density at radius 1 is 1.06 bits per heavy atom. The molecule has 2 rings (SSSR count). The SMILES string of the molecule is COc1cc2cc(C(C)C)c(N)nc2cc1OC. The first-order valence-corrected chi connectivity index (χ1v) is 5.89. The molecule has 0 aliphatic heterocycles. The molecule has 0 aliphatic rings. The maximum absolute atomic E-state index is 5.97. The fourth-order valence-corrected chi connectivity index (χ4v) is 1.99. The zero-order valence-electron chi connectivity index (χ0n) is 11.2. The summed E-state index contributed by atoms with van der Waals surface area (Å²) in [5, 5.41) is 1.01. The van der Waals surface area contributed by atoms with Crippen LogP contribution >= 0.6 is 0 Å². The molecule has 96 valence electrons. The Kier molecular flexibility index (Phi) is 3.28. The summed E-state index contributed by atoms with van der Waals surface area (Å²) in [4.78, 5) is 4.42. The fraction of sp³-hybridized carbons (Fsp3) is 0.357. The zero-order chi connectivity index (χ0) is 13.3. The summed E-state index contributed by atoms with van der Waals surface area (Å²) in [5.41, 5.74) is 7.83. The normalized spacial score (nSPS) is 10.9. The van der Waals surface area contributed by atoms with Gasteiger partial charge >= 0.3 is 0 Å². The van der Waals surface area contributed by atoms with Crippen molar-refractivity contribution < 1.29 is 9.47 Å². The predicted octanol–water partition coefficient (Wildman–Crippen LogP) is 2.96. The molecule has 4 nitrogen and oxygen atoms in total. The van der Waals surface area contributed by atoms with Crippen LogP contribution in [0.3, 0.4) is 0 Å². The van der Waals surface area contributed by atoms with Crippen LogP contribution in [0.4, 0.5) is 5.82 Å². The van der Waals surface area contributed by atoms with Crippen LogP contribution in [-0.4, -0.2) is 19.2 Å². The van der Waals surface area contributed by atoms with Crippen LogP contribution in [0.5, 0.6) is 11.5 Å². The van der Waals surface area contributed by atoms with Gasteiger partial charge in [0.05, 0.1) is 19.7 Å². The third kappa shape index (κ3) is 2.06. The van der Waals surface area contributed by atoms with E-state index in [9.17, 15) is 0 Å². The van der Waals surface area contributed by atoms with Gasteiger partial charge < -0.3 is 15.2 Å². The highest BCUT2D eigenvalue weighted by molar-refractivity contribution is 5.85. The van der Waals surface area contributed by atoms with Crippen LogP contribution in [0.2, 0.25) is 0 Å². The molecule has 0 bridgehead atoms. The van der Waals surface area contributed by atoms with Gasteiger partial charge in [0.2, 0.25) is 0 Å². The Balaban J connectivity index is 2.70. The third-order valence-electron chi connectivity index (χ3n) is 3.00. The first-order chi connectivity index (χ1) is 8.56. The lowest BCUT2D eigenvalue weighted by molar-refractivity contribution is 0.356. The van der Waals surface area contributed by atoms with Crippen LogP contribution in [0.1, 0.15) is 25.3 Å². The van der Waals surface area contributed by atoms with E-state index in [-0.39, 0.29) is 0 Å². The summed E-state index contributed by atoms with van der Waals surface area (Å²) in [6.45, 7) is 4.19. The number of nitrogen functional groups attached to an aromatic ring is 1. The van der Waals surface area contributed by atoms with Gasteiger partial charge in [-0.1, -0.05) is 13.8 Å². The van der Waals surface area contributed by atoms with Crippen LogP contribution < -0.4 is 15.2 Å². The van der Waals surface area contributed by atoms with Crippen molar-refractivity contribution in [1.82, 2.24) is 4.98 Å². The molecule has 2 aromatic rings. The van der Waals surface area contributed by atoms with E-state index in [0.29, 0.717) is 23.2 Å². The topological polar surface area (TPSA) is 57.4 Å². The van der Waals surface area contributed by atoms with Gasteiger partial charge in [0.15, 0.2) is 11.5 Å². The lowest BCUT2D eigenvalue weighted by atomic mass is 10.0. The fourth-order valence-electron chi connectivity index (χ4n) is 1.99. The Hall–Kier alpha value is -1.97. The number of nitrogens with two attached hydrogens (primary N) is 1. The van der Waals surface area contributed by atoms with Crippen molar-refractivity contribution in [3.8, 4) is 11.5 Å². The van der Waals surface area contributed by atoms with Gasteiger partial charge in [0, 0.05) is 11.5 Å². The number of anilines is 1. The second kappa shape index (κ2) is 4.72. The minimum Gasteiger partial charge on any atom is -0.493 e. The molecule has 0 radical (unpaired) electrons. The van der Waals surface area contributed by atoms with Crippen molar-refractivity contribution in [3.05, 3.63) is 23.8 Å². The van der Waals surface area contributed by atoms with Crippen molar-refractivity contribution >= 4 is 16.7 Å². The maximum atomic E-state index is 5.97. The van der Waals surface area contributed by atoms with E-state index in [1.54, 1.807) is 14.2 Å². The molecule has 1 aromatic carbocycles. The van der Waals surface area contributed by atoms with E-state index in [2.05, 4.69) is 24.9 Å². The molecule has 0 saturated heterocycles. The minimum absolute atomic E-state index is 0.343. The number of benzene rings is 1. The first-order valence-electron chi connectivity index (χ1n) is 5.89. The lowest BCUT2D eigenvalue weighted by Gasteiger charge is -2.13. The highest BCUT2D eigenvalue weighted by Gasteiger charge is 2.11. The Bertz CT molecular complexity index is 580. The Labute approximate surface area is 107 Å². The van der Waals surface area contributed by atoms with E-state index in [1.165, 1.54) is 0 Å². The highest BCUT2D eigenvalue weighted by Crippen LogP contribution is 2.33. The zero-order valence-corrected chi connectivity index (χ0v) is 11.2. The predicted molar refractivity (Wildman–Crippen MR) is 73.3 cm³/mol. The molecule has 0 fully saturated rings. The smallest absolute Gasteiger partial charge is 0.162 e. The van der Waals surface area contributed by atoms with Gasteiger partial charge in [-0.2, -0.15) is 0 Å². The second-order valence-corrected chi connectivity index (χ2v) is 4.52. The van der Waals surface area contributed by atoms with Gasteiger partial charge in [-0.3, -0.25) is 0 Å². The van der Waals surface area contributed by atoms with E-state index in [1.807, 2.05) is 12.1 Å². The van der Waals surface area contributed by atoms with Crippen molar-refractivity contribution in [1.29, 1.82) is 0 Å². The summed E-state index contributed by atoms with van der Waals surface area (Å²) in [5.74, 6) is 2.28. The number of ether oxygens (including phenoxy) is 2. The van der Waals surface area contributed by atoms with Gasteiger partial charge in [0.25, 0.3) is 0 Å². The molecule has 0 saturated carbocycles. The quantitative estimate of drug-likeness (QED) is 0.904. The summed E-state index contributed by atoms with van der Waals surface area (Å²) in [6.07, 6.45) is 0. The number of rotatable bonds is 3. The maximum Gasteiger partial charge on any atom is 0.162 e. The van der Waals surface area contributed by atoms with Crippen molar-refractivity contribution in [2.24, 2.45) is 0 Å². The molecule has 0 unspecified atom stereocenters. The number of nitrogens with zero attached hydrogens (tertiary/aromatic N) is 1. The van der Waals surface area contributed by atoms with E-state index in [0.717, 1.165) is 16.5 Å². The molecule has 0 amide bonds. The third-order valence-corrected chi connectivity index (χ3v) is 3.00. The first kappa shape index (κ1) is 12.5. The largest absolute Gasteiger partial charge is 0.493 e. The Morgan fingerprint density at radius 3 is 2.22 bits per heavy atom. The van der Waals surface area contributed by atoms with Crippen LogP contribution in [0.25, 0.3) is 10.9 Å². The molecular formula is C14H18N2O2. The number of methoxy groups -OCH3 is 2. The molecule has 1 heterocycles. The second-order valence-electron chi connectivity index (χ2n) is 4.52. The minimum atomic E-state index is 0.343. The molecule has 0 atom stereocenters. The average Bonchev–Trinajstić information content (AvgIpc) is 2.36. The number of fused-ring (bicyclic) bond motifs is 1. The Morgan fingerprint density at radius 2 is 1.67 bits per heavy atom. The average molecular weight is 246 g/mol.